The van der Waals surface area contributed by atoms with Crippen LogP contribution in [0.25, 0.3) is 0 Å². The summed E-state index contributed by atoms with van der Waals surface area (Å²) in [7, 11) is 1.23. The molecule has 0 unspecified atom stereocenters. The SMILES string of the molecule is CC(C)C[C@@H](CC(=O)[C@@H](Cc1ccccc1)NC(=O)[C@H](N)Cc1ccccc1)C(=O)N[C@H](CCCCN)C(=O)N1CCC(NC(=O)/C=C/C(=O)O)CC1.COC(=O)/C=C/C(=O)NC1CCN(C(=O)[C@@H](CCCCN)NC(=O)[C@H](CC(=O)[C@@H](Cc2ccccc2)NC(=O)[C@H](N)Cc2ccccc2)CC(C)C)CC1. The number of unbranched alkanes of at least 4 members (excludes halogenated alkanes) is 2. The molecule has 8 amide bonds. The number of Topliss-reactive ketones (excluding diaryl/α,β-unsaturated/α-hetero) is 2. The van der Waals surface area contributed by atoms with Gasteiger partial charge in [0, 0.05) is 87.2 Å². The van der Waals surface area contributed by atoms with Gasteiger partial charge in [0.25, 0.3) is 0 Å². The molecular weight excluding hydrogens is 1360 g/mol. The van der Waals surface area contributed by atoms with E-state index in [1.807, 2.05) is 149 Å². The third kappa shape index (κ3) is 33.3. The highest BCUT2D eigenvalue weighted by Crippen LogP contribution is 2.24. The number of amides is 8. The Balaban J connectivity index is 0.000000384. The van der Waals surface area contributed by atoms with Crippen LogP contribution in [0.4, 0.5) is 0 Å². The molecule has 0 saturated carbocycles. The first kappa shape index (κ1) is 87.9. The van der Waals surface area contributed by atoms with Gasteiger partial charge in [0.05, 0.1) is 31.3 Å². The molecule has 2 heterocycles. The zero-order valence-corrected chi connectivity index (χ0v) is 62.7. The van der Waals surface area contributed by atoms with Crippen LogP contribution in [0.5, 0.6) is 0 Å². The van der Waals surface area contributed by atoms with E-state index in [0.29, 0.717) is 129 Å². The first-order valence-corrected chi connectivity index (χ1v) is 37.4. The van der Waals surface area contributed by atoms with E-state index in [1.165, 1.54) is 7.11 Å². The highest BCUT2D eigenvalue weighted by atomic mass is 16.5. The van der Waals surface area contributed by atoms with Crippen molar-refractivity contribution in [1.29, 1.82) is 0 Å². The van der Waals surface area contributed by atoms with Crippen LogP contribution in [0.3, 0.4) is 0 Å². The second kappa shape index (κ2) is 47.7. The standard InChI is InChI=1S/C41H58N6O7.C40H56N6O7/c1-28(2)24-31(27-36(48)35(26-30-14-8-5-9-15-30)46-40(52)33(43)25-29-12-6-4-7-13-29)39(51)45-34(16-10-11-21-42)41(53)47-22-19-32(20-23-47)44-37(49)17-18-38(50)54-3;1-27(2)23-30(26-35(47)34(25-29-13-7-4-8-14-29)45-39(52)32(42)24-28-11-5-3-6-12-28)38(51)44-33(15-9-10-20-41)40(53)46-21-18-31(19-22-46)43-36(48)16-17-37(49)50/h4-9,12-15,17-18,28,31-35H,10-11,16,19-27,42-43H2,1-3H3,(H,44,49)(H,45,51)(H,46,52);3-8,11-14,16-17,27,30-34H,9-10,15,18-26,41-42H2,1-2H3,(H,43,48)(H,44,51)(H,45,52)(H,49,50)/b18-17+;17-16+/t31-,33+,34+,35+;30-,32+,33+,34+/m00/s1. The van der Waals surface area contributed by atoms with E-state index in [2.05, 4.69) is 36.6 Å². The van der Waals surface area contributed by atoms with Crippen LogP contribution in [0.15, 0.2) is 146 Å². The van der Waals surface area contributed by atoms with E-state index in [1.54, 1.807) is 9.80 Å². The molecule has 582 valence electrons. The first-order valence-electron chi connectivity index (χ1n) is 37.4. The summed E-state index contributed by atoms with van der Waals surface area (Å²) in [6.07, 6.45) is 10.7. The number of carboxylic acids is 1. The highest BCUT2D eigenvalue weighted by molar-refractivity contribution is 5.98. The molecule has 6 rings (SSSR count). The lowest BCUT2D eigenvalue weighted by molar-refractivity contribution is -0.139. The molecule has 26 nitrogen and oxygen atoms in total. The molecule has 0 aromatic heterocycles. The Morgan fingerprint density at radius 2 is 0.766 bits per heavy atom. The number of likely N-dealkylation sites (tertiary alicyclic amines) is 2. The summed E-state index contributed by atoms with van der Waals surface area (Å²) >= 11 is 0. The Labute approximate surface area is 629 Å². The summed E-state index contributed by atoms with van der Waals surface area (Å²) in [4.78, 5) is 160. The van der Waals surface area contributed by atoms with Crippen molar-refractivity contribution in [2.75, 3.05) is 46.4 Å². The summed E-state index contributed by atoms with van der Waals surface area (Å²) in [6, 6.07) is 31.8. The molecule has 0 spiro atoms. The number of benzene rings is 4. The zero-order chi connectivity index (χ0) is 78.2. The van der Waals surface area contributed by atoms with E-state index in [0.717, 1.165) is 46.6 Å². The highest BCUT2D eigenvalue weighted by Gasteiger charge is 2.37. The summed E-state index contributed by atoms with van der Waals surface area (Å²) in [5.74, 6) is -6.95. The molecular formula is C81H114N12O14. The molecule has 4 aromatic rings. The number of ketones is 2. The van der Waals surface area contributed by atoms with E-state index in [-0.39, 0.29) is 73.0 Å². The number of esters is 1. The van der Waals surface area contributed by atoms with Crippen LogP contribution in [-0.2, 0) is 88.0 Å². The molecule has 2 aliphatic heterocycles. The van der Waals surface area contributed by atoms with Gasteiger partial charge >= 0.3 is 11.9 Å². The predicted molar refractivity (Wildman–Crippen MR) is 409 cm³/mol. The molecule has 2 fully saturated rings. The number of carbonyl (C=O) groups is 12. The lowest BCUT2D eigenvalue weighted by Gasteiger charge is -2.35. The number of carbonyl (C=O) groups excluding carboxylic acids is 11. The number of ether oxygens (including phenoxy) is 1. The fourth-order valence-corrected chi connectivity index (χ4v) is 13.0. The van der Waals surface area contributed by atoms with E-state index < -0.39 is 95.5 Å². The average Bonchev–Trinajstić information content (AvgIpc) is 0.851. The lowest BCUT2D eigenvalue weighted by Crippen LogP contribution is -2.54. The van der Waals surface area contributed by atoms with Gasteiger partial charge in [-0.2, -0.15) is 0 Å². The van der Waals surface area contributed by atoms with Crippen LogP contribution in [0, 0.1) is 23.7 Å². The summed E-state index contributed by atoms with van der Waals surface area (Å²) in [5.41, 5.74) is 27.5. The number of aliphatic carboxylic acids is 1. The Morgan fingerprint density at radius 1 is 0.449 bits per heavy atom. The average molecular weight is 1480 g/mol. The van der Waals surface area contributed by atoms with Crippen molar-refractivity contribution in [3.05, 3.63) is 168 Å². The van der Waals surface area contributed by atoms with Crippen molar-refractivity contribution in [1.82, 2.24) is 41.7 Å². The maximum Gasteiger partial charge on any atom is 0.330 e. The van der Waals surface area contributed by atoms with Gasteiger partial charge in [0.15, 0.2) is 11.6 Å². The van der Waals surface area contributed by atoms with Crippen LogP contribution < -0.4 is 54.8 Å². The maximum atomic E-state index is 14.1. The minimum absolute atomic E-state index is 0.0611. The molecule has 8 atom stereocenters. The number of nitrogens with two attached hydrogens (primary N) is 4. The third-order valence-corrected chi connectivity index (χ3v) is 18.8. The van der Waals surface area contributed by atoms with Gasteiger partial charge in [0.2, 0.25) is 47.3 Å². The molecule has 107 heavy (non-hydrogen) atoms. The van der Waals surface area contributed by atoms with Crippen LogP contribution in [0.2, 0.25) is 0 Å². The van der Waals surface area contributed by atoms with Crippen molar-refractivity contribution in [2.24, 2.45) is 46.6 Å². The Morgan fingerprint density at radius 3 is 1.07 bits per heavy atom. The van der Waals surface area contributed by atoms with Crippen LogP contribution >= 0.6 is 0 Å². The number of hydrogen-bond donors (Lipinski definition) is 11. The summed E-state index contributed by atoms with van der Waals surface area (Å²) in [6.45, 7) is 10.2. The van der Waals surface area contributed by atoms with Gasteiger partial charge in [-0.05, 0) is 150 Å². The van der Waals surface area contributed by atoms with Gasteiger partial charge in [0.1, 0.15) is 12.1 Å². The topological polar surface area (TPSA) is 417 Å². The fourth-order valence-electron chi connectivity index (χ4n) is 13.0. The minimum atomic E-state index is -1.22. The number of nitrogens with one attached hydrogen (secondary N) is 6. The number of methoxy groups -OCH3 is 1. The number of hydrogen-bond acceptors (Lipinski definition) is 17. The monoisotopic (exact) mass is 1480 g/mol. The molecule has 26 heteroatoms. The van der Waals surface area contributed by atoms with Crippen molar-refractivity contribution in [2.45, 2.75) is 192 Å². The Bertz CT molecular complexity index is 3530. The predicted octanol–water partition coefficient (Wildman–Crippen LogP) is 4.62. The van der Waals surface area contributed by atoms with Gasteiger partial charge in [-0.3, -0.25) is 47.9 Å². The van der Waals surface area contributed by atoms with Crippen LogP contribution in [-0.4, -0.2) is 180 Å². The van der Waals surface area contributed by atoms with E-state index in [4.69, 9.17) is 28.0 Å². The lowest BCUT2D eigenvalue weighted by atomic mass is 9.88. The molecule has 15 N–H and O–H groups in total. The van der Waals surface area contributed by atoms with Gasteiger partial charge in [-0.15, -0.1) is 0 Å². The minimum Gasteiger partial charge on any atom is -0.478 e. The van der Waals surface area contributed by atoms with Gasteiger partial charge in [-0.1, -0.05) is 149 Å². The quantitative estimate of drug-likeness (QED) is 0.0164. The molecule has 4 aromatic carbocycles. The van der Waals surface area contributed by atoms with Gasteiger partial charge < -0.3 is 74.5 Å². The molecule has 2 aliphatic rings. The number of nitrogens with zero attached hydrogens (tertiary/aromatic N) is 2. The molecule has 0 radical (unpaired) electrons. The second-order valence-electron chi connectivity index (χ2n) is 28.5. The summed E-state index contributed by atoms with van der Waals surface area (Å²) < 4.78 is 4.52. The number of piperidine rings is 2. The smallest absolute Gasteiger partial charge is 0.330 e. The zero-order valence-electron chi connectivity index (χ0n) is 62.7. The second-order valence-corrected chi connectivity index (χ2v) is 28.5. The normalized spacial score (nSPS) is 15.6. The number of rotatable bonds is 42. The van der Waals surface area contributed by atoms with Crippen molar-refractivity contribution >= 4 is 70.8 Å². The Kier molecular flexibility index (Phi) is 39.2. The van der Waals surface area contributed by atoms with E-state index in [9.17, 15) is 57.5 Å². The Hall–Kier alpha value is -9.76. The van der Waals surface area contributed by atoms with Gasteiger partial charge in [-0.25, -0.2) is 9.59 Å². The number of carboxylic acid groups (broad SMARTS) is 1. The van der Waals surface area contributed by atoms with E-state index >= 15 is 0 Å². The summed E-state index contributed by atoms with van der Waals surface area (Å²) in [5, 5.41) is 26.1. The molecule has 2 saturated heterocycles. The van der Waals surface area contributed by atoms with Crippen molar-refractivity contribution in [3.63, 3.8) is 0 Å². The first-order chi connectivity index (χ1) is 51.2. The molecule has 0 bridgehead atoms. The van der Waals surface area contributed by atoms with Crippen LogP contribution in [0.1, 0.15) is 140 Å². The largest absolute Gasteiger partial charge is 0.478 e. The van der Waals surface area contributed by atoms with Crippen molar-refractivity contribution in [3.8, 4) is 0 Å². The maximum absolute atomic E-state index is 14.1. The molecule has 0 aliphatic carbocycles. The fraction of sp³-hybridized carbons (Fsp3) is 0.506. The third-order valence-electron chi connectivity index (χ3n) is 18.8. The van der Waals surface area contributed by atoms with Crippen molar-refractivity contribution < 1.29 is 67.4 Å².